The first-order valence-electron chi connectivity index (χ1n) is 8.54. The minimum absolute atomic E-state index is 0.166. The van der Waals surface area contributed by atoms with Crippen LogP contribution in [0.2, 0.25) is 10.0 Å². The molecule has 1 N–H and O–H groups in total. The highest BCUT2D eigenvalue weighted by Crippen LogP contribution is 2.38. The first-order valence-corrected chi connectivity index (χ1v) is 10.1. The van der Waals surface area contributed by atoms with Gasteiger partial charge in [0.1, 0.15) is 6.54 Å². The molecular weight excluding hydrogens is 451 g/mol. The van der Waals surface area contributed by atoms with Gasteiger partial charge in [-0.15, -0.1) is 0 Å². The third kappa shape index (κ3) is 4.89. The molecule has 3 rings (SSSR count). The van der Waals surface area contributed by atoms with Gasteiger partial charge in [-0.2, -0.15) is 0 Å². The smallest absolute Gasteiger partial charge is 0.294 e. The van der Waals surface area contributed by atoms with E-state index in [-0.39, 0.29) is 4.91 Å². The minimum atomic E-state index is -0.572. The number of methoxy groups -OCH3 is 2. The van der Waals surface area contributed by atoms with Gasteiger partial charge in [0.2, 0.25) is 5.91 Å². The molecule has 0 spiro atoms. The third-order valence-electron chi connectivity index (χ3n) is 4.04. The maximum Gasteiger partial charge on any atom is 0.294 e. The summed E-state index contributed by atoms with van der Waals surface area (Å²) in [5.41, 5.74) is 1.02. The van der Waals surface area contributed by atoms with Crippen LogP contribution in [-0.4, -0.2) is 42.7 Å². The second kappa shape index (κ2) is 9.42. The van der Waals surface area contributed by atoms with E-state index < -0.39 is 23.6 Å². The van der Waals surface area contributed by atoms with Gasteiger partial charge in [-0.05, 0) is 53.7 Å². The van der Waals surface area contributed by atoms with Crippen LogP contribution in [0.4, 0.5) is 10.5 Å². The topological polar surface area (TPSA) is 84.9 Å². The third-order valence-corrected chi connectivity index (χ3v) is 5.46. The summed E-state index contributed by atoms with van der Waals surface area (Å²) < 4.78 is 10.4. The summed E-state index contributed by atoms with van der Waals surface area (Å²) in [5.74, 6) is -0.342. The van der Waals surface area contributed by atoms with Crippen molar-refractivity contribution < 1.29 is 23.9 Å². The van der Waals surface area contributed by atoms with E-state index in [1.165, 1.54) is 20.3 Å². The van der Waals surface area contributed by atoms with Crippen molar-refractivity contribution in [3.8, 4) is 11.5 Å². The van der Waals surface area contributed by atoms with Crippen LogP contribution in [0.15, 0.2) is 41.3 Å². The van der Waals surface area contributed by atoms with E-state index in [0.29, 0.717) is 32.8 Å². The predicted molar refractivity (Wildman–Crippen MR) is 117 cm³/mol. The Morgan fingerprint density at radius 1 is 1.17 bits per heavy atom. The molecule has 2 aromatic carbocycles. The van der Waals surface area contributed by atoms with E-state index in [1.807, 2.05) is 0 Å². The van der Waals surface area contributed by atoms with Crippen LogP contribution in [0.3, 0.4) is 0 Å². The molecule has 0 atom stereocenters. The number of halogens is 2. The molecule has 2 aromatic rings. The van der Waals surface area contributed by atoms with Gasteiger partial charge in [0, 0.05) is 10.7 Å². The Bertz CT molecular complexity index is 1060. The average molecular weight is 467 g/mol. The summed E-state index contributed by atoms with van der Waals surface area (Å²) >= 11 is 12.8. The number of hydrogen-bond donors (Lipinski definition) is 1. The summed E-state index contributed by atoms with van der Waals surface area (Å²) in [7, 11) is 2.92. The van der Waals surface area contributed by atoms with Gasteiger partial charge >= 0.3 is 0 Å². The van der Waals surface area contributed by atoms with Crippen molar-refractivity contribution in [2.75, 3.05) is 26.1 Å². The molecule has 0 radical (unpaired) electrons. The van der Waals surface area contributed by atoms with Crippen LogP contribution >= 0.6 is 35.0 Å². The zero-order valence-corrected chi connectivity index (χ0v) is 18.2. The van der Waals surface area contributed by atoms with Gasteiger partial charge < -0.3 is 14.8 Å². The lowest BCUT2D eigenvalue weighted by Crippen LogP contribution is -2.36. The largest absolute Gasteiger partial charge is 0.493 e. The Morgan fingerprint density at radius 3 is 2.60 bits per heavy atom. The second-order valence-electron chi connectivity index (χ2n) is 6.06. The molecule has 0 unspecified atom stereocenters. The number of carbonyl (C=O) groups excluding carboxylic acids is 3. The first-order chi connectivity index (χ1) is 14.3. The van der Waals surface area contributed by atoms with Crippen molar-refractivity contribution in [3.05, 3.63) is 56.9 Å². The lowest BCUT2D eigenvalue weighted by molar-refractivity contribution is -0.127. The Morgan fingerprint density at radius 2 is 1.93 bits per heavy atom. The number of imide groups is 1. The normalized spacial score (nSPS) is 14.9. The van der Waals surface area contributed by atoms with Crippen molar-refractivity contribution in [3.63, 3.8) is 0 Å². The number of anilines is 1. The number of rotatable bonds is 6. The van der Waals surface area contributed by atoms with Crippen molar-refractivity contribution in [1.29, 1.82) is 0 Å². The lowest BCUT2D eigenvalue weighted by Gasteiger charge is -2.12. The molecule has 0 bridgehead atoms. The summed E-state index contributed by atoms with van der Waals surface area (Å²) in [4.78, 5) is 38.2. The Balaban J connectivity index is 1.76. The Labute approximate surface area is 186 Å². The predicted octanol–water partition coefficient (Wildman–Crippen LogP) is 4.69. The average Bonchev–Trinajstić information content (AvgIpc) is 2.94. The van der Waals surface area contributed by atoms with Crippen molar-refractivity contribution >= 4 is 63.8 Å². The molecule has 7 nitrogen and oxygen atoms in total. The molecule has 10 heteroatoms. The fourth-order valence-corrected chi connectivity index (χ4v) is 4.04. The van der Waals surface area contributed by atoms with E-state index in [9.17, 15) is 14.4 Å². The minimum Gasteiger partial charge on any atom is -0.493 e. The highest BCUT2D eigenvalue weighted by atomic mass is 35.5. The van der Waals surface area contributed by atoms with Crippen molar-refractivity contribution in [2.24, 2.45) is 0 Å². The van der Waals surface area contributed by atoms with E-state index in [1.54, 1.807) is 36.4 Å². The monoisotopic (exact) mass is 466 g/mol. The first kappa shape index (κ1) is 22.0. The number of thioether (sulfide) groups is 1. The summed E-state index contributed by atoms with van der Waals surface area (Å²) in [6, 6.07) is 9.77. The highest BCUT2D eigenvalue weighted by molar-refractivity contribution is 8.18. The Hall–Kier alpha value is -2.68. The SMILES string of the molecule is COc1cc(/C=C2\SC(=O)N(CC(=O)Nc3cccc(Cl)c3)C2=O)cc(Cl)c1OC. The van der Waals surface area contributed by atoms with Gasteiger partial charge in [0.15, 0.2) is 11.5 Å². The summed E-state index contributed by atoms with van der Waals surface area (Å²) in [6.07, 6.45) is 1.51. The number of nitrogens with one attached hydrogen (secondary N) is 1. The highest BCUT2D eigenvalue weighted by Gasteiger charge is 2.36. The van der Waals surface area contributed by atoms with Crippen LogP contribution < -0.4 is 14.8 Å². The number of ether oxygens (including phenoxy) is 2. The van der Waals surface area contributed by atoms with Gasteiger partial charge in [-0.1, -0.05) is 29.3 Å². The standard InChI is InChI=1S/C20H16Cl2N2O5S/c1-28-15-7-11(6-14(22)18(15)29-2)8-16-19(26)24(20(27)30-16)10-17(25)23-13-5-3-4-12(21)9-13/h3-9H,10H2,1-2H3,(H,23,25)/b16-8-. The molecule has 0 aromatic heterocycles. The summed E-state index contributed by atoms with van der Waals surface area (Å²) in [6.45, 7) is -0.415. The maximum atomic E-state index is 12.7. The number of nitrogens with zero attached hydrogens (tertiary/aromatic N) is 1. The molecule has 1 aliphatic heterocycles. The van der Waals surface area contributed by atoms with Crippen LogP contribution in [-0.2, 0) is 9.59 Å². The molecule has 1 heterocycles. The summed E-state index contributed by atoms with van der Waals surface area (Å²) in [5, 5.41) is 2.81. The van der Waals surface area contributed by atoms with Crippen LogP contribution in [0.25, 0.3) is 6.08 Å². The molecule has 1 fully saturated rings. The number of benzene rings is 2. The molecule has 156 valence electrons. The van der Waals surface area contributed by atoms with Gasteiger partial charge in [-0.3, -0.25) is 19.3 Å². The second-order valence-corrected chi connectivity index (χ2v) is 7.90. The van der Waals surface area contributed by atoms with Gasteiger partial charge in [0.25, 0.3) is 11.1 Å². The maximum absolute atomic E-state index is 12.7. The van der Waals surface area contributed by atoms with E-state index in [0.717, 1.165) is 16.7 Å². The Kier molecular flexibility index (Phi) is 6.91. The molecule has 1 saturated heterocycles. The number of amides is 3. The van der Waals surface area contributed by atoms with Crippen LogP contribution in [0.1, 0.15) is 5.56 Å². The molecular formula is C20H16Cl2N2O5S. The van der Waals surface area contributed by atoms with Crippen LogP contribution in [0, 0.1) is 0 Å². The van der Waals surface area contributed by atoms with E-state index in [2.05, 4.69) is 5.32 Å². The molecule has 0 aliphatic carbocycles. The van der Waals surface area contributed by atoms with Crippen molar-refractivity contribution in [2.45, 2.75) is 0 Å². The zero-order valence-electron chi connectivity index (χ0n) is 15.9. The quantitative estimate of drug-likeness (QED) is 0.621. The molecule has 3 amide bonds. The molecule has 0 saturated carbocycles. The fraction of sp³-hybridized carbons (Fsp3) is 0.150. The molecule has 30 heavy (non-hydrogen) atoms. The number of hydrogen-bond acceptors (Lipinski definition) is 6. The number of carbonyl (C=O) groups is 3. The van der Waals surface area contributed by atoms with Crippen LogP contribution in [0.5, 0.6) is 11.5 Å². The molecule has 1 aliphatic rings. The van der Waals surface area contributed by atoms with E-state index >= 15 is 0 Å². The van der Waals surface area contributed by atoms with E-state index in [4.69, 9.17) is 32.7 Å². The zero-order chi connectivity index (χ0) is 21.8. The fourth-order valence-electron chi connectivity index (χ4n) is 2.72. The lowest BCUT2D eigenvalue weighted by atomic mass is 10.2. The van der Waals surface area contributed by atoms with Gasteiger partial charge in [-0.25, -0.2) is 0 Å². The van der Waals surface area contributed by atoms with Gasteiger partial charge in [0.05, 0.1) is 24.1 Å². The van der Waals surface area contributed by atoms with Crippen molar-refractivity contribution in [1.82, 2.24) is 4.90 Å².